The molecule has 0 bridgehead atoms. The zero-order valence-electron chi connectivity index (χ0n) is 17.7. The van der Waals surface area contributed by atoms with Crippen LogP contribution in [0.2, 0.25) is 10.0 Å². The van der Waals surface area contributed by atoms with E-state index in [1.807, 2.05) is 0 Å². The van der Waals surface area contributed by atoms with Gasteiger partial charge in [-0.15, -0.1) is 0 Å². The number of carbonyl (C=O) groups excluding carboxylic acids is 1. The molecule has 0 aliphatic carbocycles. The minimum absolute atomic E-state index is 0.00684. The highest BCUT2D eigenvalue weighted by molar-refractivity contribution is 6.38. The predicted octanol–water partition coefficient (Wildman–Crippen LogP) is 5.21. The summed E-state index contributed by atoms with van der Waals surface area (Å²) in [7, 11) is 3.10. The maximum atomic E-state index is 13.3. The zero-order chi connectivity index (χ0) is 24.6. The lowest BCUT2D eigenvalue weighted by molar-refractivity contribution is -0.137. The summed E-state index contributed by atoms with van der Waals surface area (Å²) in [5.74, 6) is -0.372. The number of anilines is 3. The molecule has 0 saturated carbocycles. The van der Waals surface area contributed by atoms with E-state index in [9.17, 15) is 18.0 Å². The molecule has 0 saturated heterocycles. The second-order valence-corrected chi connectivity index (χ2v) is 8.30. The Morgan fingerprint density at radius 2 is 1.85 bits per heavy atom. The van der Waals surface area contributed by atoms with Crippen LogP contribution >= 0.6 is 23.2 Å². The normalized spacial score (nSPS) is 14.0. The van der Waals surface area contributed by atoms with Gasteiger partial charge in [-0.25, -0.2) is 15.0 Å². The van der Waals surface area contributed by atoms with Crippen LogP contribution in [0.25, 0.3) is 0 Å². The minimum Gasteiger partial charge on any atom is -0.363 e. The van der Waals surface area contributed by atoms with Gasteiger partial charge in [0, 0.05) is 32.9 Å². The molecular weight excluding hydrogens is 494 g/mol. The predicted molar refractivity (Wildman–Crippen MR) is 124 cm³/mol. The van der Waals surface area contributed by atoms with Crippen LogP contribution in [0.1, 0.15) is 21.6 Å². The van der Waals surface area contributed by atoms with E-state index >= 15 is 0 Å². The Bertz CT molecular complexity index is 1290. The Morgan fingerprint density at radius 1 is 1.15 bits per heavy atom. The van der Waals surface area contributed by atoms with Gasteiger partial charge in [-0.3, -0.25) is 9.78 Å². The number of amidine groups is 1. The Labute approximate surface area is 201 Å². The third-order valence-corrected chi connectivity index (χ3v) is 5.33. The molecule has 2 N–H and O–H groups in total. The number of rotatable bonds is 4. The molecule has 0 aromatic carbocycles. The van der Waals surface area contributed by atoms with Crippen molar-refractivity contribution >= 4 is 58.0 Å². The molecule has 0 spiro atoms. The first-order valence-electron chi connectivity index (χ1n) is 9.71. The van der Waals surface area contributed by atoms with Gasteiger partial charge in [0.1, 0.15) is 28.9 Å². The van der Waals surface area contributed by atoms with Gasteiger partial charge in [0.05, 0.1) is 27.5 Å². The quantitative estimate of drug-likeness (QED) is 0.500. The van der Waals surface area contributed by atoms with Crippen molar-refractivity contribution in [2.75, 3.05) is 29.6 Å². The van der Waals surface area contributed by atoms with Crippen LogP contribution in [-0.2, 0) is 12.6 Å². The van der Waals surface area contributed by atoms with Gasteiger partial charge in [-0.05, 0) is 23.8 Å². The monoisotopic (exact) mass is 509 g/mol. The van der Waals surface area contributed by atoms with Gasteiger partial charge < -0.3 is 15.5 Å². The SMILES string of the molecule is CN(C)c1cc(C(F)(F)F)cc(NC(=O)c2cc3c(cn2)NC(=Nc2c(Cl)cncc2Cl)C3)n1. The van der Waals surface area contributed by atoms with Crippen molar-refractivity contribution in [1.29, 1.82) is 0 Å². The van der Waals surface area contributed by atoms with Gasteiger partial charge in [0.25, 0.3) is 5.91 Å². The van der Waals surface area contributed by atoms with E-state index in [1.54, 1.807) is 14.1 Å². The molecule has 3 aromatic rings. The number of carbonyl (C=O) groups is 1. The van der Waals surface area contributed by atoms with Crippen LogP contribution in [0.3, 0.4) is 0 Å². The van der Waals surface area contributed by atoms with Gasteiger partial charge in [0.15, 0.2) is 0 Å². The molecule has 0 radical (unpaired) electrons. The second-order valence-electron chi connectivity index (χ2n) is 7.48. The Hall–Kier alpha value is -3.44. The molecule has 1 amide bonds. The number of pyridine rings is 3. The number of aliphatic imine (C=N–C) groups is 1. The number of hydrogen-bond donors (Lipinski definition) is 2. The van der Waals surface area contributed by atoms with Crippen molar-refractivity contribution in [2.24, 2.45) is 4.99 Å². The number of fused-ring (bicyclic) bond motifs is 1. The Balaban J connectivity index is 1.56. The highest BCUT2D eigenvalue weighted by Gasteiger charge is 2.32. The smallest absolute Gasteiger partial charge is 0.363 e. The van der Waals surface area contributed by atoms with Crippen LogP contribution in [-0.4, -0.2) is 40.8 Å². The maximum Gasteiger partial charge on any atom is 0.416 e. The van der Waals surface area contributed by atoms with Crippen molar-refractivity contribution in [2.45, 2.75) is 12.6 Å². The van der Waals surface area contributed by atoms with Gasteiger partial charge in [-0.2, -0.15) is 13.2 Å². The van der Waals surface area contributed by atoms with Gasteiger partial charge in [0.2, 0.25) is 0 Å². The molecule has 34 heavy (non-hydrogen) atoms. The first-order chi connectivity index (χ1) is 16.0. The fourth-order valence-electron chi connectivity index (χ4n) is 3.13. The van der Waals surface area contributed by atoms with Crippen molar-refractivity contribution in [3.63, 3.8) is 0 Å². The Morgan fingerprint density at radius 3 is 2.50 bits per heavy atom. The molecule has 4 rings (SSSR count). The summed E-state index contributed by atoms with van der Waals surface area (Å²) in [6.45, 7) is 0. The lowest BCUT2D eigenvalue weighted by Gasteiger charge is -2.16. The molecule has 13 heteroatoms. The molecule has 3 aromatic heterocycles. The highest BCUT2D eigenvalue weighted by Crippen LogP contribution is 2.34. The zero-order valence-corrected chi connectivity index (χ0v) is 19.2. The molecule has 0 fully saturated rings. The lowest BCUT2D eigenvalue weighted by Crippen LogP contribution is -2.18. The third-order valence-electron chi connectivity index (χ3n) is 4.77. The summed E-state index contributed by atoms with van der Waals surface area (Å²) in [5.41, 5.74) is 0.774. The van der Waals surface area contributed by atoms with Crippen molar-refractivity contribution in [1.82, 2.24) is 15.0 Å². The van der Waals surface area contributed by atoms with Crippen molar-refractivity contribution in [3.05, 3.63) is 63.7 Å². The van der Waals surface area contributed by atoms with Crippen molar-refractivity contribution in [3.8, 4) is 0 Å². The van der Waals surface area contributed by atoms with Crippen LogP contribution in [0, 0.1) is 0 Å². The summed E-state index contributed by atoms with van der Waals surface area (Å²) in [6.07, 6.45) is 0.0129. The van der Waals surface area contributed by atoms with E-state index in [1.165, 1.54) is 29.6 Å². The first kappa shape index (κ1) is 23.7. The summed E-state index contributed by atoms with van der Waals surface area (Å²) in [5, 5.41) is 6.02. The molecule has 0 unspecified atom stereocenters. The van der Waals surface area contributed by atoms with E-state index in [4.69, 9.17) is 23.2 Å². The summed E-state index contributed by atoms with van der Waals surface area (Å²) >= 11 is 12.2. The fraction of sp³-hybridized carbons (Fsp3) is 0.190. The number of hydrogen-bond acceptors (Lipinski definition) is 6. The van der Waals surface area contributed by atoms with Crippen LogP contribution in [0.4, 0.5) is 36.2 Å². The lowest BCUT2D eigenvalue weighted by atomic mass is 10.1. The number of alkyl halides is 3. The van der Waals surface area contributed by atoms with E-state index in [-0.39, 0.29) is 27.4 Å². The average Bonchev–Trinajstić information content (AvgIpc) is 3.17. The highest BCUT2D eigenvalue weighted by atomic mass is 35.5. The van der Waals surface area contributed by atoms with Crippen molar-refractivity contribution < 1.29 is 18.0 Å². The average molecular weight is 510 g/mol. The summed E-state index contributed by atoms with van der Waals surface area (Å²) in [6, 6.07) is 3.19. The molecule has 1 aliphatic heterocycles. The number of aromatic nitrogens is 3. The minimum atomic E-state index is -4.60. The fourth-order valence-corrected chi connectivity index (χ4v) is 3.58. The standard InChI is InChI=1S/C21H16Cl2F3N7O/c1-33(2)18-6-11(21(24,25)26)5-17(30-18)32-20(34)14-3-10-4-16(29-15(10)9-28-14)31-19-12(22)7-27-8-13(19)23/h3,5-9H,4H2,1-2H3,(H,27,29,31)(H,30,32,34). The van der Waals surface area contributed by atoms with Crippen LogP contribution in [0.5, 0.6) is 0 Å². The van der Waals surface area contributed by atoms with Gasteiger partial charge in [-0.1, -0.05) is 23.2 Å². The third kappa shape index (κ3) is 5.05. The second kappa shape index (κ2) is 9.07. The summed E-state index contributed by atoms with van der Waals surface area (Å²) in [4.78, 5) is 30.6. The number of nitrogens with one attached hydrogen (secondary N) is 2. The number of nitrogens with zero attached hydrogens (tertiary/aromatic N) is 5. The maximum absolute atomic E-state index is 13.3. The number of amides is 1. The van der Waals surface area contributed by atoms with E-state index in [0.717, 1.165) is 12.1 Å². The Kier molecular flexibility index (Phi) is 6.32. The first-order valence-corrected chi connectivity index (χ1v) is 10.5. The molecule has 1 aliphatic rings. The number of halogens is 5. The van der Waals surface area contributed by atoms with E-state index < -0.39 is 17.6 Å². The summed E-state index contributed by atoms with van der Waals surface area (Å²) < 4.78 is 39.8. The van der Waals surface area contributed by atoms with Crippen LogP contribution in [0.15, 0.2) is 41.8 Å². The van der Waals surface area contributed by atoms with E-state index in [0.29, 0.717) is 29.2 Å². The molecule has 4 heterocycles. The molecule has 0 atom stereocenters. The van der Waals surface area contributed by atoms with E-state index in [2.05, 4.69) is 30.6 Å². The largest absolute Gasteiger partial charge is 0.416 e. The van der Waals surface area contributed by atoms with Crippen LogP contribution < -0.4 is 15.5 Å². The topological polar surface area (TPSA) is 95.4 Å². The molecule has 176 valence electrons. The molecule has 8 nitrogen and oxygen atoms in total. The van der Waals surface area contributed by atoms with Gasteiger partial charge >= 0.3 is 6.18 Å². The molecular formula is C21H16Cl2F3N7O.